The summed E-state index contributed by atoms with van der Waals surface area (Å²) in [5.41, 5.74) is 0. The summed E-state index contributed by atoms with van der Waals surface area (Å²) in [6.45, 7) is 5.61. The summed E-state index contributed by atoms with van der Waals surface area (Å²) in [4.78, 5) is 22.1. The number of hydrogen-bond acceptors (Lipinski definition) is 6. The van der Waals surface area contributed by atoms with E-state index in [1.165, 1.54) is 0 Å². The highest BCUT2D eigenvalue weighted by atomic mass is 15.3. The highest BCUT2D eigenvalue weighted by molar-refractivity contribution is 5.46. The van der Waals surface area contributed by atoms with Crippen molar-refractivity contribution in [1.29, 1.82) is 0 Å². The first kappa shape index (κ1) is 14.6. The van der Waals surface area contributed by atoms with Crippen molar-refractivity contribution in [3.8, 4) is 5.82 Å². The fraction of sp³-hybridized carbons (Fsp3) is 0.294. The molecule has 0 spiro atoms. The van der Waals surface area contributed by atoms with Crippen molar-refractivity contribution >= 4 is 11.6 Å². The molecule has 0 radical (unpaired) electrons. The maximum Gasteiger partial charge on any atom is 0.140 e. The van der Waals surface area contributed by atoms with Gasteiger partial charge in [-0.25, -0.2) is 19.9 Å². The van der Waals surface area contributed by atoms with E-state index in [1.54, 1.807) is 12.5 Å². The second-order valence-corrected chi connectivity index (χ2v) is 5.76. The van der Waals surface area contributed by atoms with Gasteiger partial charge in [-0.2, -0.15) is 0 Å². The summed E-state index contributed by atoms with van der Waals surface area (Å²) in [5, 5.41) is 0. The topological polar surface area (TPSA) is 63.0 Å². The molecule has 0 aliphatic carbocycles. The van der Waals surface area contributed by atoms with Crippen LogP contribution < -0.4 is 9.80 Å². The van der Waals surface area contributed by atoms with Gasteiger partial charge in [0.05, 0.1) is 0 Å². The highest BCUT2D eigenvalue weighted by Crippen LogP contribution is 2.18. The van der Waals surface area contributed by atoms with Crippen LogP contribution in [0.5, 0.6) is 0 Å². The number of pyridine rings is 1. The first-order chi connectivity index (χ1) is 11.8. The quantitative estimate of drug-likeness (QED) is 0.731. The van der Waals surface area contributed by atoms with Crippen LogP contribution in [0.25, 0.3) is 5.82 Å². The van der Waals surface area contributed by atoms with Crippen molar-refractivity contribution in [2.45, 2.75) is 6.92 Å². The smallest absolute Gasteiger partial charge is 0.140 e. The van der Waals surface area contributed by atoms with Crippen LogP contribution in [-0.2, 0) is 0 Å². The van der Waals surface area contributed by atoms with Crippen LogP contribution in [0.4, 0.5) is 11.6 Å². The maximum absolute atomic E-state index is 4.76. The van der Waals surface area contributed by atoms with Crippen LogP contribution in [0.1, 0.15) is 5.82 Å². The van der Waals surface area contributed by atoms with Gasteiger partial charge in [-0.15, -0.1) is 0 Å². The van der Waals surface area contributed by atoms with Crippen molar-refractivity contribution in [2.75, 3.05) is 36.0 Å². The van der Waals surface area contributed by atoms with Gasteiger partial charge >= 0.3 is 0 Å². The van der Waals surface area contributed by atoms with E-state index in [9.17, 15) is 0 Å². The molecule has 0 aromatic carbocycles. The number of anilines is 2. The van der Waals surface area contributed by atoms with Crippen LogP contribution in [0.15, 0.2) is 49.2 Å². The third-order valence-electron chi connectivity index (χ3n) is 4.18. The molecule has 4 rings (SSSR count). The minimum Gasteiger partial charge on any atom is -0.353 e. The van der Waals surface area contributed by atoms with Crippen LogP contribution in [0.2, 0.25) is 0 Å². The van der Waals surface area contributed by atoms with Gasteiger partial charge in [-0.05, 0) is 25.1 Å². The molecule has 1 fully saturated rings. The Morgan fingerprint density at radius 1 is 0.833 bits per heavy atom. The minimum absolute atomic E-state index is 0.810. The van der Waals surface area contributed by atoms with Gasteiger partial charge in [0.15, 0.2) is 0 Å². The molecule has 7 nitrogen and oxygen atoms in total. The van der Waals surface area contributed by atoms with E-state index in [0.717, 1.165) is 49.5 Å². The number of aromatic nitrogens is 5. The lowest BCUT2D eigenvalue weighted by Gasteiger charge is -2.36. The summed E-state index contributed by atoms with van der Waals surface area (Å²) in [6.07, 6.45) is 7.25. The molecule has 1 aliphatic heterocycles. The van der Waals surface area contributed by atoms with E-state index in [0.29, 0.717) is 0 Å². The van der Waals surface area contributed by atoms with E-state index in [4.69, 9.17) is 4.98 Å². The molecule has 7 heteroatoms. The molecule has 0 saturated carbocycles. The normalized spacial score (nSPS) is 14.9. The Morgan fingerprint density at radius 2 is 1.54 bits per heavy atom. The lowest BCUT2D eigenvalue weighted by Crippen LogP contribution is -2.47. The van der Waals surface area contributed by atoms with Crippen molar-refractivity contribution < 1.29 is 0 Å². The van der Waals surface area contributed by atoms with E-state index < -0.39 is 0 Å². The van der Waals surface area contributed by atoms with E-state index in [1.807, 2.05) is 42.1 Å². The van der Waals surface area contributed by atoms with Gasteiger partial charge in [0.2, 0.25) is 0 Å². The summed E-state index contributed by atoms with van der Waals surface area (Å²) in [6, 6.07) is 8.06. The Hall–Kier alpha value is -2.96. The van der Waals surface area contributed by atoms with Gasteiger partial charge in [0.25, 0.3) is 0 Å². The Balaban J connectivity index is 1.47. The molecule has 0 unspecified atom stereocenters. The van der Waals surface area contributed by atoms with Crippen LogP contribution in [0, 0.1) is 6.92 Å². The predicted octanol–water partition coefficient (Wildman–Crippen LogP) is 1.69. The first-order valence-corrected chi connectivity index (χ1v) is 8.04. The molecule has 1 saturated heterocycles. The van der Waals surface area contributed by atoms with E-state index in [2.05, 4.69) is 30.8 Å². The molecule has 0 bridgehead atoms. The van der Waals surface area contributed by atoms with Crippen molar-refractivity contribution in [3.05, 3.63) is 55.0 Å². The lowest BCUT2D eigenvalue weighted by molar-refractivity contribution is 0.639. The monoisotopic (exact) mass is 321 g/mol. The highest BCUT2D eigenvalue weighted by Gasteiger charge is 2.19. The largest absolute Gasteiger partial charge is 0.353 e. The van der Waals surface area contributed by atoms with Crippen molar-refractivity contribution in [3.63, 3.8) is 0 Å². The van der Waals surface area contributed by atoms with Gasteiger partial charge in [-0.3, -0.25) is 4.57 Å². The zero-order valence-electron chi connectivity index (χ0n) is 13.6. The Kier molecular flexibility index (Phi) is 3.82. The number of nitrogens with zero attached hydrogens (tertiary/aromatic N) is 7. The fourth-order valence-electron chi connectivity index (χ4n) is 2.91. The molecular weight excluding hydrogens is 302 g/mol. The molecule has 3 aromatic rings. The number of piperazine rings is 1. The second kappa shape index (κ2) is 6.27. The molecule has 3 aromatic heterocycles. The minimum atomic E-state index is 0.810. The Morgan fingerprint density at radius 3 is 2.21 bits per heavy atom. The maximum atomic E-state index is 4.76. The number of hydrogen-bond donors (Lipinski definition) is 0. The number of imidazole rings is 1. The van der Waals surface area contributed by atoms with E-state index >= 15 is 0 Å². The fourth-order valence-corrected chi connectivity index (χ4v) is 2.91. The molecule has 24 heavy (non-hydrogen) atoms. The molecule has 1 aliphatic rings. The van der Waals surface area contributed by atoms with Gasteiger partial charge < -0.3 is 9.80 Å². The van der Waals surface area contributed by atoms with Crippen molar-refractivity contribution in [1.82, 2.24) is 24.5 Å². The summed E-state index contributed by atoms with van der Waals surface area (Å²) in [7, 11) is 0. The summed E-state index contributed by atoms with van der Waals surface area (Å²) < 4.78 is 1.92. The summed E-state index contributed by atoms with van der Waals surface area (Å²) >= 11 is 0. The van der Waals surface area contributed by atoms with Crippen LogP contribution >= 0.6 is 0 Å². The van der Waals surface area contributed by atoms with E-state index in [-0.39, 0.29) is 0 Å². The molecule has 122 valence electrons. The first-order valence-electron chi connectivity index (χ1n) is 8.04. The Bertz CT molecular complexity index is 807. The average molecular weight is 321 g/mol. The molecular formula is C17H19N7. The lowest BCUT2D eigenvalue weighted by atomic mass is 10.3. The zero-order valence-corrected chi connectivity index (χ0v) is 13.6. The van der Waals surface area contributed by atoms with Gasteiger partial charge in [-0.1, -0.05) is 6.07 Å². The van der Waals surface area contributed by atoms with Crippen LogP contribution in [0.3, 0.4) is 0 Å². The average Bonchev–Trinajstić information content (AvgIpc) is 3.17. The third kappa shape index (κ3) is 2.92. The van der Waals surface area contributed by atoms with Gasteiger partial charge in [0.1, 0.15) is 29.6 Å². The second-order valence-electron chi connectivity index (χ2n) is 5.76. The number of aryl methyl sites for hydroxylation is 1. The third-order valence-corrected chi connectivity index (χ3v) is 4.18. The number of rotatable bonds is 3. The SMILES string of the molecule is Cc1nccc(N2CCN(c3cccc(-n4ccnc4)n3)CC2)n1. The zero-order chi connectivity index (χ0) is 16.4. The molecule has 0 atom stereocenters. The van der Waals surface area contributed by atoms with Gasteiger partial charge in [0, 0.05) is 44.8 Å². The van der Waals surface area contributed by atoms with Crippen molar-refractivity contribution in [2.24, 2.45) is 0 Å². The van der Waals surface area contributed by atoms with Crippen LogP contribution in [-0.4, -0.2) is 50.7 Å². The molecule has 4 heterocycles. The molecule has 0 amide bonds. The standard InChI is InChI=1S/C17H19N7/c1-14-19-6-5-17(20-14)23-11-9-22(10-12-23)15-3-2-4-16(21-15)24-8-7-18-13-24/h2-8,13H,9-12H2,1H3. The molecule has 0 N–H and O–H groups in total. The predicted molar refractivity (Wildman–Crippen MR) is 92.6 cm³/mol. The summed E-state index contributed by atoms with van der Waals surface area (Å²) in [5.74, 6) is 3.70. The Labute approximate surface area is 140 Å².